The molecule has 7 nitrogen and oxygen atoms in total. The molecule has 2 heterocycles. The molecule has 0 aliphatic carbocycles. The summed E-state index contributed by atoms with van der Waals surface area (Å²) in [6.07, 6.45) is 0.630. The van der Waals surface area contributed by atoms with E-state index < -0.39 is 0 Å². The van der Waals surface area contributed by atoms with Crippen LogP contribution in [0, 0.1) is 0 Å². The van der Waals surface area contributed by atoms with Crippen molar-refractivity contribution < 1.29 is 19.0 Å². The number of para-hydroxylation sites is 3. The van der Waals surface area contributed by atoms with E-state index in [0.29, 0.717) is 34.6 Å². The Balaban J connectivity index is 1.43. The van der Waals surface area contributed by atoms with Gasteiger partial charge in [-0.1, -0.05) is 42.1 Å². The van der Waals surface area contributed by atoms with Crippen LogP contribution in [0.2, 0.25) is 0 Å². The number of ether oxygens (including phenoxy) is 3. The second kappa shape index (κ2) is 10.1. The molecule has 0 spiro atoms. The number of nitrogens with zero attached hydrogens (tertiary/aromatic N) is 2. The van der Waals surface area contributed by atoms with Crippen LogP contribution in [0.25, 0.3) is 11.4 Å². The molecule has 8 heteroatoms. The Morgan fingerprint density at radius 2 is 1.74 bits per heavy atom. The van der Waals surface area contributed by atoms with E-state index in [0.717, 1.165) is 28.2 Å². The number of rotatable bonds is 7. The van der Waals surface area contributed by atoms with E-state index in [4.69, 9.17) is 24.2 Å². The number of nitrogens with one attached hydrogen (secondary N) is 1. The van der Waals surface area contributed by atoms with E-state index in [1.165, 1.54) is 11.8 Å². The van der Waals surface area contributed by atoms with Crippen molar-refractivity contribution in [2.24, 2.45) is 0 Å². The number of amides is 1. The average Bonchev–Trinajstić information content (AvgIpc) is 2.90. The third kappa shape index (κ3) is 4.93. The van der Waals surface area contributed by atoms with Crippen LogP contribution in [0.15, 0.2) is 77.8 Å². The highest BCUT2D eigenvalue weighted by Gasteiger charge is 2.24. The van der Waals surface area contributed by atoms with Crippen molar-refractivity contribution in [2.75, 3.05) is 25.3 Å². The van der Waals surface area contributed by atoms with E-state index in [1.807, 2.05) is 60.7 Å². The minimum Gasteiger partial charge on any atom is -0.497 e. The Morgan fingerprint density at radius 3 is 2.54 bits per heavy atom. The van der Waals surface area contributed by atoms with Gasteiger partial charge in [-0.2, -0.15) is 4.98 Å². The lowest BCUT2D eigenvalue weighted by Crippen LogP contribution is -2.15. The molecule has 1 aliphatic heterocycles. The largest absolute Gasteiger partial charge is 0.497 e. The summed E-state index contributed by atoms with van der Waals surface area (Å²) in [5, 5.41) is 3.63. The van der Waals surface area contributed by atoms with Crippen LogP contribution in [0.5, 0.6) is 23.1 Å². The van der Waals surface area contributed by atoms with Crippen molar-refractivity contribution in [3.63, 3.8) is 0 Å². The fraction of sp³-hybridized carbons (Fsp3) is 0.148. The highest BCUT2D eigenvalue weighted by molar-refractivity contribution is 8.00. The fourth-order valence-corrected chi connectivity index (χ4v) is 4.60. The first-order valence-electron chi connectivity index (χ1n) is 11.0. The van der Waals surface area contributed by atoms with E-state index >= 15 is 0 Å². The number of hydrogen-bond acceptors (Lipinski definition) is 7. The van der Waals surface area contributed by atoms with Crippen molar-refractivity contribution in [1.29, 1.82) is 0 Å². The van der Waals surface area contributed by atoms with Crippen LogP contribution in [0.4, 0.5) is 5.69 Å². The van der Waals surface area contributed by atoms with Gasteiger partial charge in [-0.15, -0.1) is 0 Å². The molecule has 0 fully saturated rings. The number of carbonyl (C=O) groups excluding carboxylic acids is 1. The molecular formula is C27H23N3O4S. The van der Waals surface area contributed by atoms with Crippen LogP contribution < -0.4 is 19.5 Å². The third-order valence-corrected chi connectivity index (χ3v) is 6.56. The summed E-state index contributed by atoms with van der Waals surface area (Å²) in [6, 6.07) is 22.7. The molecule has 0 radical (unpaired) electrons. The second-order valence-electron chi connectivity index (χ2n) is 7.79. The second-order valence-corrected chi connectivity index (χ2v) is 8.75. The summed E-state index contributed by atoms with van der Waals surface area (Å²) in [5.41, 5.74) is 3.38. The molecule has 1 aromatic heterocycles. The Hall–Kier alpha value is -4.04. The Bertz CT molecular complexity index is 1380. The summed E-state index contributed by atoms with van der Waals surface area (Å²) in [5.74, 6) is 3.19. The Kier molecular flexibility index (Phi) is 6.54. The molecular weight excluding hydrogens is 462 g/mol. The van der Waals surface area contributed by atoms with E-state index in [2.05, 4.69) is 5.32 Å². The molecule has 5 rings (SSSR count). The minimum atomic E-state index is -0.157. The quantitative estimate of drug-likeness (QED) is 0.238. The monoisotopic (exact) mass is 485 g/mol. The molecule has 4 aromatic rings. The lowest BCUT2D eigenvalue weighted by atomic mass is 10.0. The molecule has 1 N–H and O–H groups in total. The number of benzene rings is 3. The summed E-state index contributed by atoms with van der Waals surface area (Å²) in [7, 11) is 3.20. The van der Waals surface area contributed by atoms with Gasteiger partial charge in [0.25, 0.3) is 0 Å². The van der Waals surface area contributed by atoms with E-state index in [1.54, 1.807) is 26.4 Å². The molecule has 176 valence electrons. The maximum Gasteiger partial charge on any atom is 0.234 e. The van der Waals surface area contributed by atoms with E-state index in [9.17, 15) is 4.79 Å². The fourth-order valence-electron chi connectivity index (χ4n) is 3.78. The topological polar surface area (TPSA) is 82.6 Å². The smallest absolute Gasteiger partial charge is 0.234 e. The highest BCUT2D eigenvalue weighted by Crippen LogP contribution is 2.40. The van der Waals surface area contributed by atoms with Crippen LogP contribution in [0.3, 0.4) is 0 Å². The van der Waals surface area contributed by atoms with Gasteiger partial charge in [0.1, 0.15) is 22.3 Å². The van der Waals surface area contributed by atoms with Gasteiger partial charge < -0.3 is 19.5 Å². The van der Waals surface area contributed by atoms with Crippen molar-refractivity contribution in [3.05, 3.63) is 83.9 Å². The lowest BCUT2D eigenvalue weighted by Gasteiger charge is -2.21. The van der Waals surface area contributed by atoms with Crippen molar-refractivity contribution in [2.45, 2.75) is 11.4 Å². The number of aromatic nitrogens is 2. The van der Waals surface area contributed by atoms with Gasteiger partial charge in [0, 0.05) is 12.0 Å². The van der Waals surface area contributed by atoms with Crippen LogP contribution in [-0.2, 0) is 11.2 Å². The first kappa shape index (κ1) is 22.7. The number of fused-ring (bicyclic) bond motifs is 2. The molecule has 0 saturated heterocycles. The summed E-state index contributed by atoms with van der Waals surface area (Å²) >= 11 is 1.36. The zero-order valence-electron chi connectivity index (χ0n) is 19.3. The minimum absolute atomic E-state index is 0.157. The van der Waals surface area contributed by atoms with Gasteiger partial charge >= 0.3 is 0 Å². The maximum atomic E-state index is 12.8. The summed E-state index contributed by atoms with van der Waals surface area (Å²) in [4.78, 5) is 22.3. The Labute approximate surface area is 207 Å². The molecule has 0 bridgehead atoms. The Morgan fingerprint density at radius 1 is 0.971 bits per heavy atom. The highest BCUT2D eigenvalue weighted by atomic mass is 32.2. The maximum absolute atomic E-state index is 12.8. The van der Waals surface area contributed by atoms with E-state index in [-0.39, 0.29) is 11.7 Å². The molecule has 0 unspecified atom stereocenters. The first-order valence-corrected chi connectivity index (χ1v) is 12.0. The number of hydrogen-bond donors (Lipinski definition) is 1. The average molecular weight is 486 g/mol. The van der Waals surface area contributed by atoms with Crippen molar-refractivity contribution >= 4 is 23.4 Å². The number of carbonyl (C=O) groups is 1. The van der Waals surface area contributed by atoms with Gasteiger partial charge in [-0.3, -0.25) is 4.79 Å². The van der Waals surface area contributed by atoms with Gasteiger partial charge in [0.05, 0.1) is 31.2 Å². The summed E-state index contributed by atoms with van der Waals surface area (Å²) in [6.45, 7) is 0. The zero-order chi connectivity index (χ0) is 24.2. The van der Waals surface area contributed by atoms with Crippen LogP contribution >= 0.6 is 11.8 Å². The predicted molar refractivity (Wildman–Crippen MR) is 136 cm³/mol. The molecule has 35 heavy (non-hydrogen) atoms. The van der Waals surface area contributed by atoms with Gasteiger partial charge in [0.2, 0.25) is 11.8 Å². The lowest BCUT2D eigenvalue weighted by molar-refractivity contribution is -0.113. The number of thioether (sulfide) groups is 1. The molecule has 1 aliphatic rings. The van der Waals surface area contributed by atoms with Crippen molar-refractivity contribution in [3.8, 4) is 34.5 Å². The third-order valence-electron chi connectivity index (χ3n) is 5.55. The molecule has 0 atom stereocenters. The predicted octanol–water partition coefficient (Wildman–Crippen LogP) is 5.59. The van der Waals surface area contributed by atoms with Crippen LogP contribution in [0.1, 0.15) is 11.1 Å². The number of anilines is 1. The number of methoxy groups -OCH3 is 2. The van der Waals surface area contributed by atoms with Gasteiger partial charge in [-0.25, -0.2) is 4.98 Å². The zero-order valence-corrected chi connectivity index (χ0v) is 20.1. The first-order chi connectivity index (χ1) is 17.1. The SMILES string of the molecule is COc1ccc(-c2nc3c(c(SCC(=O)Nc4ccccc4OC)n2)Cc2ccccc2O3)cc1. The van der Waals surface area contributed by atoms with Gasteiger partial charge in [-0.05, 0) is 48.0 Å². The van der Waals surface area contributed by atoms with Crippen molar-refractivity contribution in [1.82, 2.24) is 9.97 Å². The normalized spacial score (nSPS) is 11.6. The molecule has 3 aromatic carbocycles. The molecule has 1 amide bonds. The molecule has 0 saturated carbocycles. The van der Waals surface area contributed by atoms with Gasteiger partial charge in [0.15, 0.2) is 5.82 Å². The standard InChI is InChI=1S/C27H23N3O4S/c1-32-19-13-11-17(12-14-19)25-29-26-20(15-18-7-3-5-9-22(18)34-26)27(30-25)35-16-24(31)28-21-8-4-6-10-23(21)33-2/h3-14H,15-16H2,1-2H3,(H,28,31). The van der Waals surface area contributed by atoms with Crippen LogP contribution in [-0.4, -0.2) is 35.8 Å². The summed E-state index contributed by atoms with van der Waals surface area (Å²) < 4.78 is 16.7.